The fourth-order valence-electron chi connectivity index (χ4n) is 2.19. The van der Waals surface area contributed by atoms with Crippen LogP contribution in [0, 0.1) is 6.92 Å². The molecule has 0 radical (unpaired) electrons. The summed E-state index contributed by atoms with van der Waals surface area (Å²) in [7, 11) is 1.83. The number of aryl methyl sites for hydroxylation is 2. The van der Waals surface area contributed by atoms with E-state index in [1.54, 1.807) is 22.5 Å². The average Bonchev–Trinajstić information content (AvgIpc) is 3.14. The SMILES string of the molecule is Cc1cc(-c2nnc(NC(=O)c3cccc(SC(C)C)c3)o2)nn1C. The third-order valence-corrected chi connectivity index (χ3v) is 4.44. The van der Waals surface area contributed by atoms with Crippen LogP contribution in [0.5, 0.6) is 0 Å². The monoisotopic (exact) mass is 357 g/mol. The summed E-state index contributed by atoms with van der Waals surface area (Å²) in [4.78, 5) is 13.4. The van der Waals surface area contributed by atoms with Crippen molar-refractivity contribution in [3.63, 3.8) is 0 Å². The molecule has 0 aliphatic carbocycles. The normalized spacial score (nSPS) is 11.1. The number of aromatic nitrogens is 4. The van der Waals surface area contributed by atoms with Gasteiger partial charge in [0.15, 0.2) is 0 Å². The first-order chi connectivity index (χ1) is 11.9. The first-order valence-corrected chi connectivity index (χ1v) is 8.73. The van der Waals surface area contributed by atoms with Crippen molar-refractivity contribution in [1.82, 2.24) is 20.0 Å². The smallest absolute Gasteiger partial charge is 0.322 e. The Morgan fingerprint density at radius 3 is 2.76 bits per heavy atom. The summed E-state index contributed by atoms with van der Waals surface area (Å²) < 4.78 is 7.21. The van der Waals surface area contributed by atoms with Gasteiger partial charge in [-0.3, -0.25) is 14.8 Å². The van der Waals surface area contributed by atoms with Gasteiger partial charge in [0, 0.05) is 28.5 Å². The molecule has 1 amide bonds. The Morgan fingerprint density at radius 1 is 1.28 bits per heavy atom. The van der Waals surface area contributed by atoms with Crippen LogP contribution in [0.4, 0.5) is 6.01 Å². The Balaban J connectivity index is 1.73. The molecule has 0 spiro atoms. The Morgan fingerprint density at radius 2 is 2.08 bits per heavy atom. The number of amides is 1. The highest BCUT2D eigenvalue weighted by atomic mass is 32.2. The number of nitrogens with one attached hydrogen (secondary N) is 1. The predicted molar refractivity (Wildman–Crippen MR) is 96.6 cm³/mol. The quantitative estimate of drug-likeness (QED) is 0.703. The minimum absolute atomic E-state index is 0.0465. The van der Waals surface area contributed by atoms with Crippen molar-refractivity contribution in [2.75, 3.05) is 5.32 Å². The molecule has 2 aromatic heterocycles. The summed E-state index contributed by atoms with van der Waals surface area (Å²) in [6.45, 7) is 6.14. The second kappa shape index (κ2) is 7.10. The van der Waals surface area contributed by atoms with Crippen LogP contribution in [0.15, 0.2) is 39.6 Å². The van der Waals surface area contributed by atoms with Gasteiger partial charge in [-0.1, -0.05) is 25.0 Å². The lowest BCUT2D eigenvalue weighted by atomic mass is 10.2. The molecule has 1 N–H and O–H groups in total. The topological polar surface area (TPSA) is 85.8 Å². The number of carbonyl (C=O) groups excluding carboxylic acids is 1. The molecule has 0 aliphatic rings. The van der Waals surface area contributed by atoms with E-state index in [2.05, 4.69) is 34.5 Å². The van der Waals surface area contributed by atoms with Gasteiger partial charge in [0.2, 0.25) is 0 Å². The Labute approximate surface area is 149 Å². The highest BCUT2D eigenvalue weighted by Crippen LogP contribution is 2.24. The number of anilines is 1. The molecule has 3 rings (SSSR count). The van der Waals surface area contributed by atoms with E-state index in [9.17, 15) is 4.79 Å². The van der Waals surface area contributed by atoms with Crippen LogP contribution in [-0.4, -0.2) is 31.1 Å². The first-order valence-electron chi connectivity index (χ1n) is 7.85. The summed E-state index contributed by atoms with van der Waals surface area (Å²) in [6.07, 6.45) is 0. The summed E-state index contributed by atoms with van der Waals surface area (Å²) in [5.41, 5.74) is 2.08. The van der Waals surface area contributed by atoms with Gasteiger partial charge in [0.25, 0.3) is 11.8 Å². The molecule has 25 heavy (non-hydrogen) atoms. The molecule has 130 valence electrons. The lowest BCUT2D eigenvalue weighted by Gasteiger charge is -2.06. The van der Waals surface area contributed by atoms with Crippen LogP contribution in [0.25, 0.3) is 11.6 Å². The predicted octanol–water partition coefficient (Wildman–Crippen LogP) is 3.53. The molecule has 3 aromatic rings. The van der Waals surface area contributed by atoms with Crippen molar-refractivity contribution in [2.45, 2.75) is 30.9 Å². The molecular formula is C17H19N5O2S. The lowest BCUT2D eigenvalue weighted by molar-refractivity contribution is 0.102. The van der Waals surface area contributed by atoms with Gasteiger partial charge in [0.05, 0.1) is 0 Å². The van der Waals surface area contributed by atoms with E-state index in [0.29, 0.717) is 16.5 Å². The zero-order chi connectivity index (χ0) is 18.0. The molecule has 0 saturated heterocycles. The minimum atomic E-state index is -0.293. The summed E-state index contributed by atoms with van der Waals surface area (Å²) in [5, 5.41) is 15.1. The molecule has 0 atom stereocenters. The van der Waals surface area contributed by atoms with E-state index in [1.165, 1.54) is 0 Å². The van der Waals surface area contributed by atoms with Gasteiger partial charge in [-0.25, -0.2) is 0 Å². The van der Waals surface area contributed by atoms with E-state index in [1.807, 2.05) is 38.2 Å². The zero-order valence-electron chi connectivity index (χ0n) is 14.5. The second-order valence-corrected chi connectivity index (χ2v) is 7.51. The zero-order valence-corrected chi connectivity index (χ0v) is 15.3. The standard InChI is InChI=1S/C17H19N5O2S/c1-10(2)25-13-7-5-6-12(9-13)15(23)18-17-20-19-16(24-17)14-8-11(3)22(4)21-14/h5-10H,1-4H3,(H,18,20,23). The van der Waals surface area contributed by atoms with Crippen molar-refractivity contribution in [1.29, 1.82) is 0 Å². The van der Waals surface area contributed by atoms with E-state index < -0.39 is 0 Å². The van der Waals surface area contributed by atoms with Crippen molar-refractivity contribution in [3.05, 3.63) is 41.6 Å². The minimum Gasteiger partial charge on any atom is -0.401 e. The van der Waals surface area contributed by atoms with E-state index >= 15 is 0 Å². The third-order valence-electron chi connectivity index (χ3n) is 3.45. The molecular weight excluding hydrogens is 338 g/mol. The molecule has 0 aliphatic heterocycles. The average molecular weight is 357 g/mol. The fraction of sp³-hybridized carbons (Fsp3) is 0.294. The van der Waals surface area contributed by atoms with Gasteiger partial charge in [-0.15, -0.1) is 16.9 Å². The van der Waals surface area contributed by atoms with Gasteiger partial charge in [-0.05, 0) is 31.2 Å². The van der Waals surface area contributed by atoms with E-state index in [-0.39, 0.29) is 17.8 Å². The number of nitrogens with zero attached hydrogens (tertiary/aromatic N) is 4. The van der Waals surface area contributed by atoms with Crippen LogP contribution in [-0.2, 0) is 7.05 Å². The van der Waals surface area contributed by atoms with Gasteiger partial charge in [0.1, 0.15) is 5.69 Å². The Bertz CT molecular complexity index is 881. The summed E-state index contributed by atoms with van der Waals surface area (Å²) in [6, 6.07) is 9.32. The highest BCUT2D eigenvalue weighted by Gasteiger charge is 2.15. The number of hydrogen-bond donors (Lipinski definition) is 1. The molecule has 0 unspecified atom stereocenters. The van der Waals surface area contributed by atoms with Crippen molar-refractivity contribution in [3.8, 4) is 11.6 Å². The van der Waals surface area contributed by atoms with Crippen LogP contribution >= 0.6 is 11.8 Å². The second-order valence-electron chi connectivity index (χ2n) is 5.86. The first kappa shape index (κ1) is 17.2. The van der Waals surface area contributed by atoms with Crippen LogP contribution < -0.4 is 5.32 Å². The lowest BCUT2D eigenvalue weighted by Crippen LogP contribution is -2.12. The van der Waals surface area contributed by atoms with E-state index in [4.69, 9.17) is 4.42 Å². The van der Waals surface area contributed by atoms with Crippen LogP contribution in [0.2, 0.25) is 0 Å². The number of thioether (sulfide) groups is 1. The van der Waals surface area contributed by atoms with E-state index in [0.717, 1.165) is 10.6 Å². The number of carbonyl (C=O) groups is 1. The van der Waals surface area contributed by atoms with Crippen molar-refractivity contribution >= 4 is 23.7 Å². The maximum Gasteiger partial charge on any atom is 0.322 e. The van der Waals surface area contributed by atoms with Gasteiger partial charge in [-0.2, -0.15) is 5.10 Å². The van der Waals surface area contributed by atoms with Gasteiger partial charge >= 0.3 is 6.01 Å². The fourth-order valence-corrected chi connectivity index (χ4v) is 3.09. The summed E-state index contributed by atoms with van der Waals surface area (Å²) in [5.74, 6) is -0.0262. The van der Waals surface area contributed by atoms with Crippen LogP contribution in [0.1, 0.15) is 29.9 Å². The largest absolute Gasteiger partial charge is 0.401 e. The van der Waals surface area contributed by atoms with Crippen LogP contribution in [0.3, 0.4) is 0 Å². The molecule has 0 saturated carbocycles. The number of rotatable bonds is 5. The van der Waals surface area contributed by atoms with Crippen molar-refractivity contribution < 1.29 is 9.21 Å². The number of hydrogen-bond acceptors (Lipinski definition) is 6. The molecule has 1 aromatic carbocycles. The molecule has 0 bridgehead atoms. The Hall–Kier alpha value is -2.61. The molecule has 7 nitrogen and oxygen atoms in total. The molecule has 2 heterocycles. The Kier molecular flexibility index (Phi) is 4.89. The maximum absolute atomic E-state index is 12.4. The van der Waals surface area contributed by atoms with Crippen molar-refractivity contribution in [2.24, 2.45) is 7.05 Å². The maximum atomic E-state index is 12.4. The third kappa shape index (κ3) is 4.08. The molecule has 0 fully saturated rings. The highest BCUT2D eigenvalue weighted by molar-refractivity contribution is 7.99. The number of benzene rings is 1. The summed E-state index contributed by atoms with van der Waals surface area (Å²) >= 11 is 1.70. The van der Waals surface area contributed by atoms with Gasteiger partial charge < -0.3 is 4.42 Å². The molecule has 8 heteroatoms.